The second-order valence-electron chi connectivity index (χ2n) is 6.48. The summed E-state index contributed by atoms with van der Waals surface area (Å²) in [5.74, 6) is 1.79. The number of hydrogen-bond acceptors (Lipinski definition) is 5. The first-order valence-electron chi connectivity index (χ1n) is 8.99. The summed E-state index contributed by atoms with van der Waals surface area (Å²) in [5, 5.41) is 0. The second kappa shape index (κ2) is 8.08. The normalized spacial score (nSPS) is 14.3. The standard InChI is InChI=1S/C20H26N4O2/c1-4-26-18-8-6-5-7-17(18)23-11-13-24(14-12-23)20(25)16-9-10-19(21-15-16)22(2)3/h5-10,15H,4,11-14H2,1-3H3. The van der Waals surface area contributed by atoms with Crippen molar-refractivity contribution in [2.75, 3.05) is 56.7 Å². The molecule has 6 nitrogen and oxygen atoms in total. The van der Waals surface area contributed by atoms with Crippen LogP contribution in [0.15, 0.2) is 42.6 Å². The molecule has 6 heteroatoms. The minimum atomic E-state index is 0.0422. The molecule has 1 aliphatic heterocycles. The van der Waals surface area contributed by atoms with Crippen molar-refractivity contribution >= 4 is 17.4 Å². The van der Waals surface area contributed by atoms with E-state index in [1.165, 1.54) is 0 Å². The average Bonchev–Trinajstić information content (AvgIpc) is 2.68. The van der Waals surface area contributed by atoms with Gasteiger partial charge in [-0.2, -0.15) is 0 Å². The van der Waals surface area contributed by atoms with E-state index in [2.05, 4.69) is 16.0 Å². The van der Waals surface area contributed by atoms with E-state index in [0.717, 1.165) is 30.3 Å². The molecule has 0 radical (unpaired) electrons. The monoisotopic (exact) mass is 354 g/mol. The largest absolute Gasteiger partial charge is 0.492 e. The molecule has 0 unspecified atom stereocenters. The highest BCUT2D eigenvalue weighted by Crippen LogP contribution is 2.29. The molecule has 1 amide bonds. The Hall–Kier alpha value is -2.76. The molecule has 1 fully saturated rings. The van der Waals surface area contributed by atoms with Crippen LogP contribution in [0.2, 0.25) is 0 Å². The van der Waals surface area contributed by atoms with E-state index in [4.69, 9.17) is 4.74 Å². The molecule has 0 N–H and O–H groups in total. The number of anilines is 2. The first-order valence-corrected chi connectivity index (χ1v) is 8.99. The molecule has 2 aromatic rings. The third-order valence-corrected chi connectivity index (χ3v) is 4.53. The van der Waals surface area contributed by atoms with E-state index in [1.807, 2.05) is 61.2 Å². The maximum Gasteiger partial charge on any atom is 0.255 e. The number of para-hydroxylation sites is 2. The number of amides is 1. The number of aromatic nitrogens is 1. The molecule has 0 spiro atoms. The Labute approximate surface area is 155 Å². The average molecular weight is 354 g/mol. The topological polar surface area (TPSA) is 48.9 Å². The van der Waals surface area contributed by atoms with Crippen LogP contribution in [0.3, 0.4) is 0 Å². The minimum absolute atomic E-state index is 0.0422. The van der Waals surface area contributed by atoms with Gasteiger partial charge in [0, 0.05) is 46.5 Å². The first-order chi connectivity index (χ1) is 12.6. The summed E-state index contributed by atoms with van der Waals surface area (Å²) in [5.41, 5.74) is 1.73. The van der Waals surface area contributed by atoms with E-state index < -0.39 is 0 Å². The Morgan fingerprint density at radius 3 is 2.46 bits per heavy atom. The number of nitrogens with zero attached hydrogens (tertiary/aromatic N) is 4. The molecule has 1 saturated heterocycles. The van der Waals surface area contributed by atoms with Gasteiger partial charge in [-0.25, -0.2) is 4.98 Å². The lowest BCUT2D eigenvalue weighted by Gasteiger charge is -2.36. The highest BCUT2D eigenvalue weighted by molar-refractivity contribution is 5.94. The molecule has 0 atom stereocenters. The number of piperazine rings is 1. The zero-order valence-corrected chi connectivity index (χ0v) is 15.7. The second-order valence-corrected chi connectivity index (χ2v) is 6.48. The summed E-state index contributed by atoms with van der Waals surface area (Å²) in [6, 6.07) is 11.8. The Morgan fingerprint density at radius 2 is 1.85 bits per heavy atom. The first kappa shape index (κ1) is 18.0. The Morgan fingerprint density at radius 1 is 1.12 bits per heavy atom. The predicted octanol–water partition coefficient (Wildman–Crippen LogP) is 2.51. The molecule has 26 heavy (non-hydrogen) atoms. The smallest absolute Gasteiger partial charge is 0.255 e. The molecule has 1 aromatic carbocycles. The Bertz CT molecular complexity index is 738. The zero-order valence-electron chi connectivity index (χ0n) is 15.7. The van der Waals surface area contributed by atoms with Crippen LogP contribution in [0.25, 0.3) is 0 Å². The summed E-state index contributed by atoms with van der Waals surface area (Å²) in [6.07, 6.45) is 1.66. The zero-order chi connectivity index (χ0) is 18.5. The van der Waals surface area contributed by atoms with Crippen LogP contribution < -0.4 is 14.5 Å². The molecular weight excluding hydrogens is 328 g/mol. The Kier molecular flexibility index (Phi) is 5.61. The van der Waals surface area contributed by atoms with Crippen LogP contribution >= 0.6 is 0 Å². The van der Waals surface area contributed by atoms with Gasteiger partial charge in [0.25, 0.3) is 5.91 Å². The van der Waals surface area contributed by atoms with Gasteiger partial charge in [-0.3, -0.25) is 4.79 Å². The number of carbonyl (C=O) groups excluding carboxylic acids is 1. The predicted molar refractivity (Wildman–Crippen MR) is 104 cm³/mol. The van der Waals surface area contributed by atoms with Gasteiger partial charge in [0.05, 0.1) is 17.9 Å². The molecule has 3 rings (SSSR count). The van der Waals surface area contributed by atoms with E-state index >= 15 is 0 Å². The fraction of sp³-hybridized carbons (Fsp3) is 0.400. The number of ether oxygens (including phenoxy) is 1. The quantitative estimate of drug-likeness (QED) is 0.826. The highest BCUT2D eigenvalue weighted by atomic mass is 16.5. The molecule has 0 aliphatic carbocycles. The number of benzene rings is 1. The van der Waals surface area contributed by atoms with Crippen molar-refractivity contribution in [2.45, 2.75) is 6.92 Å². The van der Waals surface area contributed by atoms with Gasteiger partial charge >= 0.3 is 0 Å². The molecule has 138 valence electrons. The van der Waals surface area contributed by atoms with Crippen LogP contribution in [0.4, 0.5) is 11.5 Å². The van der Waals surface area contributed by atoms with E-state index in [9.17, 15) is 4.79 Å². The van der Waals surface area contributed by atoms with Crippen molar-refractivity contribution < 1.29 is 9.53 Å². The summed E-state index contributed by atoms with van der Waals surface area (Å²) in [4.78, 5) is 23.2. The lowest BCUT2D eigenvalue weighted by Crippen LogP contribution is -2.48. The lowest BCUT2D eigenvalue weighted by molar-refractivity contribution is 0.0746. The van der Waals surface area contributed by atoms with Crippen molar-refractivity contribution in [3.05, 3.63) is 48.2 Å². The summed E-state index contributed by atoms with van der Waals surface area (Å²) in [7, 11) is 3.87. The van der Waals surface area contributed by atoms with Gasteiger partial charge < -0.3 is 19.4 Å². The molecule has 0 saturated carbocycles. The van der Waals surface area contributed by atoms with Crippen molar-refractivity contribution in [3.63, 3.8) is 0 Å². The van der Waals surface area contributed by atoms with E-state index in [-0.39, 0.29) is 5.91 Å². The van der Waals surface area contributed by atoms with Gasteiger partial charge in [-0.1, -0.05) is 12.1 Å². The third-order valence-electron chi connectivity index (χ3n) is 4.53. The van der Waals surface area contributed by atoms with Crippen molar-refractivity contribution in [1.82, 2.24) is 9.88 Å². The molecule has 1 aromatic heterocycles. The number of pyridine rings is 1. The maximum absolute atomic E-state index is 12.7. The van der Waals surface area contributed by atoms with Crippen LogP contribution in [-0.4, -0.2) is 62.7 Å². The minimum Gasteiger partial charge on any atom is -0.492 e. The van der Waals surface area contributed by atoms with Crippen molar-refractivity contribution in [2.24, 2.45) is 0 Å². The fourth-order valence-electron chi connectivity index (χ4n) is 3.11. The number of carbonyl (C=O) groups is 1. The summed E-state index contributed by atoms with van der Waals surface area (Å²) >= 11 is 0. The SMILES string of the molecule is CCOc1ccccc1N1CCN(C(=O)c2ccc(N(C)C)nc2)CC1. The van der Waals surface area contributed by atoms with Crippen LogP contribution in [0.1, 0.15) is 17.3 Å². The maximum atomic E-state index is 12.7. The Balaban J connectivity index is 1.64. The molecule has 2 heterocycles. The van der Waals surface area contributed by atoms with Crippen LogP contribution in [0, 0.1) is 0 Å². The van der Waals surface area contributed by atoms with Gasteiger partial charge in [0.1, 0.15) is 11.6 Å². The lowest BCUT2D eigenvalue weighted by atomic mass is 10.2. The van der Waals surface area contributed by atoms with Gasteiger partial charge in [-0.15, -0.1) is 0 Å². The van der Waals surface area contributed by atoms with Gasteiger partial charge in [-0.05, 0) is 31.2 Å². The van der Waals surface area contributed by atoms with Gasteiger partial charge in [0.2, 0.25) is 0 Å². The molecule has 0 bridgehead atoms. The summed E-state index contributed by atoms with van der Waals surface area (Å²) < 4.78 is 5.73. The third kappa shape index (κ3) is 3.90. The fourth-order valence-corrected chi connectivity index (χ4v) is 3.11. The van der Waals surface area contributed by atoms with Crippen molar-refractivity contribution in [1.29, 1.82) is 0 Å². The van der Waals surface area contributed by atoms with Gasteiger partial charge in [0.15, 0.2) is 0 Å². The summed E-state index contributed by atoms with van der Waals surface area (Å²) in [6.45, 7) is 5.59. The molecular formula is C20H26N4O2. The van der Waals surface area contributed by atoms with Crippen molar-refractivity contribution in [3.8, 4) is 5.75 Å². The number of rotatable bonds is 5. The van der Waals surface area contributed by atoms with E-state index in [0.29, 0.717) is 25.3 Å². The van der Waals surface area contributed by atoms with E-state index in [1.54, 1.807) is 6.20 Å². The van der Waals surface area contributed by atoms with Crippen LogP contribution in [-0.2, 0) is 0 Å². The number of hydrogen-bond donors (Lipinski definition) is 0. The highest BCUT2D eigenvalue weighted by Gasteiger charge is 2.24. The molecule has 1 aliphatic rings. The van der Waals surface area contributed by atoms with Crippen LogP contribution in [0.5, 0.6) is 5.75 Å².